The molecule has 0 bridgehead atoms. The van der Waals surface area contributed by atoms with Gasteiger partial charge in [-0.2, -0.15) is 0 Å². The molecule has 0 fully saturated rings. The van der Waals surface area contributed by atoms with Crippen LogP contribution < -0.4 is 49.6 Å². The van der Waals surface area contributed by atoms with Crippen LogP contribution in [0.15, 0.2) is 11.1 Å². The summed E-state index contributed by atoms with van der Waals surface area (Å²) in [5, 5.41) is 0. The zero-order valence-corrected chi connectivity index (χ0v) is 19.0. The van der Waals surface area contributed by atoms with Crippen LogP contribution in [-0.4, -0.2) is 51.1 Å². The summed E-state index contributed by atoms with van der Waals surface area (Å²) >= 11 is 0. The van der Waals surface area contributed by atoms with E-state index < -0.39 is 0 Å². The third-order valence-corrected chi connectivity index (χ3v) is 3.73. The fourth-order valence-electron chi connectivity index (χ4n) is 2.83. The van der Waals surface area contributed by atoms with Gasteiger partial charge in [-0.15, -0.1) is 0 Å². The smallest absolute Gasteiger partial charge is 1.00 e. The molecule has 0 saturated heterocycles. The molecule has 2 atom stereocenters. The van der Waals surface area contributed by atoms with Crippen LogP contribution >= 0.6 is 0 Å². The molecule has 0 saturated carbocycles. The summed E-state index contributed by atoms with van der Waals surface area (Å²) < 4.78 is 0. The van der Waals surface area contributed by atoms with Crippen LogP contribution in [0.1, 0.15) is 26.7 Å². The van der Waals surface area contributed by atoms with Crippen molar-refractivity contribution in [3.05, 3.63) is 11.1 Å². The number of nitrogens with zero attached hydrogens (tertiary/aromatic N) is 2. The minimum Gasteiger partial charge on any atom is -1.00 e. The van der Waals surface area contributed by atoms with Crippen molar-refractivity contribution in [3.63, 3.8) is 0 Å². The Morgan fingerprint density at radius 2 is 0.952 bits per heavy atom. The van der Waals surface area contributed by atoms with E-state index in [2.05, 4.69) is 51.8 Å². The van der Waals surface area contributed by atoms with Crippen LogP contribution in [0.4, 0.5) is 0 Å². The van der Waals surface area contributed by atoms with Crippen molar-refractivity contribution in [1.29, 1.82) is 0 Å². The molecule has 21 heavy (non-hydrogen) atoms. The Labute approximate surface area is 170 Å². The van der Waals surface area contributed by atoms with Crippen LogP contribution in [0.25, 0.3) is 0 Å². The Hall–Kier alpha value is 1.51. The first-order valence-electron chi connectivity index (χ1n) is 6.34. The van der Waals surface area contributed by atoms with Crippen molar-refractivity contribution in [1.82, 2.24) is 9.80 Å². The van der Waals surface area contributed by atoms with E-state index in [9.17, 15) is 0 Å². The van der Waals surface area contributed by atoms with Gasteiger partial charge < -0.3 is 59.4 Å². The van der Waals surface area contributed by atoms with Crippen LogP contribution in [0.5, 0.6) is 0 Å². The number of allylic oxidation sites excluding steroid dienone is 2. The molecule has 2 nitrogen and oxygen atoms in total. The van der Waals surface area contributed by atoms with E-state index in [4.69, 9.17) is 0 Å². The molecule has 0 amide bonds. The van der Waals surface area contributed by atoms with Crippen molar-refractivity contribution >= 4 is 0 Å². The Kier molecular flexibility index (Phi) is 26.5. The maximum Gasteiger partial charge on any atom is 2.00 e. The second-order valence-electron chi connectivity index (χ2n) is 6.01. The maximum absolute atomic E-state index is 2.33. The summed E-state index contributed by atoms with van der Waals surface area (Å²) in [5.74, 6) is 1.67. The van der Waals surface area contributed by atoms with Crippen molar-refractivity contribution in [2.45, 2.75) is 26.7 Å². The summed E-state index contributed by atoms with van der Waals surface area (Å²) in [6, 6.07) is 0. The van der Waals surface area contributed by atoms with Crippen LogP contribution in [0, 0.1) is 11.8 Å². The maximum atomic E-state index is 2.33. The standard InChI is InChI=1S/C14H28N2.4ClH.Pt/c1-11-7-13(9-15(3)4)14(8-12(11)2)10-16(5)6;;;;;/h13-14H,7-10H2,1-6H3;4*1H;/q;;;;;+2/p-4/t13-,14+;;;;;. The number of hydrogen-bond donors (Lipinski definition) is 0. The fraction of sp³-hybridized carbons (Fsp3) is 0.857. The summed E-state index contributed by atoms with van der Waals surface area (Å²) in [6.45, 7) is 7.07. The molecule has 0 aromatic carbocycles. The Morgan fingerprint density at radius 1 is 0.714 bits per heavy atom. The van der Waals surface area contributed by atoms with Gasteiger partial charge in [0, 0.05) is 13.1 Å². The minimum atomic E-state index is 0. The van der Waals surface area contributed by atoms with Crippen LogP contribution in [0.3, 0.4) is 0 Å². The van der Waals surface area contributed by atoms with E-state index in [0.29, 0.717) is 0 Å². The molecule has 0 radical (unpaired) electrons. The van der Waals surface area contributed by atoms with Gasteiger partial charge in [-0.05, 0) is 66.7 Å². The Balaban J connectivity index is -0.000000171. The largest absolute Gasteiger partial charge is 2.00 e. The van der Waals surface area contributed by atoms with Gasteiger partial charge in [0.1, 0.15) is 0 Å². The van der Waals surface area contributed by atoms with Crippen molar-refractivity contribution in [2.75, 3.05) is 41.3 Å². The van der Waals surface area contributed by atoms with Crippen molar-refractivity contribution in [2.24, 2.45) is 11.8 Å². The molecule has 1 rings (SSSR count). The van der Waals surface area contributed by atoms with Gasteiger partial charge in [-0.3, -0.25) is 0 Å². The van der Waals surface area contributed by atoms with Gasteiger partial charge >= 0.3 is 21.1 Å². The monoisotopic (exact) mass is 559 g/mol. The molecule has 0 heterocycles. The summed E-state index contributed by atoms with van der Waals surface area (Å²) in [7, 11) is 8.75. The summed E-state index contributed by atoms with van der Waals surface area (Å²) in [4.78, 5) is 4.67. The molecule has 7 heteroatoms. The average molecular weight is 561 g/mol. The van der Waals surface area contributed by atoms with Gasteiger partial charge in [0.05, 0.1) is 0 Å². The Bertz CT molecular complexity index is 248. The van der Waals surface area contributed by atoms with Crippen molar-refractivity contribution in [3.8, 4) is 0 Å². The van der Waals surface area contributed by atoms with E-state index in [-0.39, 0.29) is 70.7 Å². The quantitative estimate of drug-likeness (QED) is 0.315. The number of halogens is 4. The summed E-state index contributed by atoms with van der Waals surface area (Å²) in [6.07, 6.45) is 2.59. The van der Waals surface area contributed by atoms with E-state index in [0.717, 1.165) is 11.8 Å². The first-order valence-corrected chi connectivity index (χ1v) is 6.34. The molecule has 1 aliphatic carbocycles. The normalized spacial score (nSPS) is 20.6. The van der Waals surface area contributed by atoms with Gasteiger partial charge in [0.25, 0.3) is 0 Å². The van der Waals surface area contributed by atoms with Crippen molar-refractivity contribution < 1.29 is 70.7 Å². The molecular weight excluding hydrogens is 533 g/mol. The molecule has 0 spiro atoms. The van der Waals surface area contributed by atoms with E-state index >= 15 is 0 Å². The molecule has 0 aromatic rings. The first-order chi connectivity index (χ1) is 7.40. The molecule has 0 aliphatic heterocycles. The molecule has 0 N–H and O–H groups in total. The average Bonchev–Trinajstić information content (AvgIpc) is 2.11. The number of hydrogen-bond acceptors (Lipinski definition) is 2. The van der Waals surface area contributed by atoms with Gasteiger partial charge in [-0.1, -0.05) is 11.1 Å². The third-order valence-electron chi connectivity index (χ3n) is 3.73. The SMILES string of the molecule is CC1=C(C)C[C@@H](CN(C)C)[C@@H](CN(C)C)C1.[Cl-].[Cl-].[Cl-].[Cl-].[Pt+2]. The number of rotatable bonds is 4. The second kappa shape index (κ2) is 16.4. The predicted octanol–water partition coefficient (Wildman–Crippen LogP) is -9.51. The predicted molar refractivity (Wildman–Crippen MR) is 71.7 cm³/mol. The van der Waals surface area contributed by atoms with E-state index in [1.165, 1.54) is 25.9 Å². The molecule has 0 unspecified atom stereocenters. The van der Waals surface area contributed by atoms with Gasteiger partial charge in [0.2, 0.25) is 0 Å². The molecule has 0 aromatic heterocycles. The van der Waals surface area contributed by atoms with Crippen LogP contribution in [-0.2, 0) is 21.1 Å². The topological polar surface area (TPSA) is 6.48 Å². The Morgan fingerprint density at radius 3 is 1.14 bits per heavy atom. The van der Waals surface area contributed by atoms with E-state index in [1.807, 2.05) is 0 Å². The van der Waals surface area contributed by atoms with Crippen LogP contribution in [0.2, 0.25) is 0 Å². The van der Waals surface area contributed by atoms with Gasteiger partial charge in [-0.25, -0.2) is 0 Å². The summed E-state index contributed by atoms with van der Waals surface area (Å²) in [5.41, 5.74) is 3.25. The zero-order chi connectivity index (χ0) is 12.3. The zero-order valence-electron chi connectivity index (χ0n) is 13.7. The minimum absolute atomic E-state index is 0. The molecule has 134 valence electrons. The molecule has 1 aliphatic rings. The molecular formula is C14H28Cl4N2Pt-2. The van der Waals surface area contributed by atoms with E-state index in [1.54, 1.807) is 11.1 Å². The fourth-order valence-corrected chi connectivity index (χ4v) is 2.83. The first kappa shape index (κ1) is 34.0. The second-order valence-corrected chi connectivity index (χ2v) is 6.01. The van der Waals surface area contributed by atoms with Gasteiger partial charge in [0.15, 0.2) is 0 Å². The third kappa shape index (κ3) is 12.6.